The van der Waals surface area contributed by atoms with Crippen molar-refractivity contribution < 1.29 is 4.79 Å². The number of hydrogen-bond donors (Lipinski definition) is 2. The van der Waals surface area contributed by atoms with Crippen molar-refractivity contribution in [2.24, 2.45) is 5.92 Å². The van der Waals surface area contributed by atoms with Crippen molar-refractivity contribution in [1.29, 1.82) is 0 Å². The van der Waals surface area contributed by atoms with E-state index in [0.717, 1.165) is 24.7 Å². The maximum absolute atomic E-state index is 11.8. The van der Waals surface area contributed by atoms with Gasteiger partial charge in [-0.15, -0.1) is 6.58 Å². The highest BCUT2D eigenvalue weighted by Gasteiger charge is 2.15. The summed E-state index contributed by atoms with van der Waals surface area (Å²) in [6.07, 6.45) is 7.15. The van der Waals surface area contributed by atoms with Gasteiger partial charge in [-0.3, -0.25) is 4.79 Å². The summed E-state index contributed by atoms with van der Waals surface area (Å²) in [6, 6.07) is 8.30. The predicted octanol–water partition coefficient (Wildman–Crippen LogP) is 3.37. The molecule has 2 heterocycles. The van der Waals surface area contributed by atoms with Crippen LogP contribution < -0.4 is 15.5 Å². The lowest BCUT2D eigenvalue weighted by molar-refractivity contribution is 0.0957. The molecule has 0 bridgehead atoms. The molecule has 0 atom stereocenters. The van der Waals surface area contributed by atoms with Crippen LogP contribution in [-0.2, 0) is 0 Å². The van der Waals surface area contributed by atoms with E-state index >= 15 is 0 Å². The van der Waals surface area contributed by atoms with Crippen LogP contribution in [0.3, 0.4) is 0 Å². The molecule has 1 fully saturated rings. The van der Waals surface area contributed by atoms with Crippen molar-refractivity contribution >= 4 is 23.2 Å². The highest BCUT2D eigenvalue weighted by molar-refractivity contribution is 5.93. The molecule has 136 valence electrons. The standard InChI is InChI=1S/C20H25N5O/c1-3-10-21-19(26)16-13-22-20(23-14-16)24-17-4-6-18(7-5-17)25-11-8-15(2)9-12-25/h3-7,13-15H,1,8-12H2,2H3,(H,21,26)(H,22,23,24). The summed E-state index contributed by atoms with van der Waals surface area (Å²) in [4.78, 5) is 22.7. The number of benzene rings is 1. The second kappa shape index (κ2) is 8.47. The predicted molar refractivity (Wildman–Crippen MR) is 105 cm³/mol. The smallest absolute Gasteiger partial charge is 0.254 e. The Hall–Kier alpha value is -2.89. The molecule has 1 aliphatic heterocycles. The molecular formula is C20H25N5O. The van der Waals surface area contributed by atoms with Crippen molar-refractivity contribution in [2.75, 3.05) is 29.9 Å². The zero-order chi connectivity index (χ0) is 18.4. The summed E-state index contributed by atoms with van der Waals surface area (Å²) in [5, 5.41) is 5.86. The van der Waals surface area contributed by atoms with Gasteiger partial charge in [0.2, 0.25) is 5.95 Å². The third-order valence-corrected chi connectivity index (χ3v) is 4.59. The first-order valence-corrected chi connectivity index (χ1v) is 8.99. The van der Waals surface area contributed by atoms with E-state index in [4.69, 9.17) is 0 Å². The number of rotatable bonds is 6. The number of nitrogens with one attached hydrogen (secondary N) is 2. The molecule has 0 unspecified atom stereocenters. The van der Waals surface area contributed by atoms with Crippen molar-refractivity contribution in [1.82, 2.24) is 15.3 Å². The average molecular weight is 351 g/mol. The van der Waals surface area contributed by atoms with Crippen LogP contribution >= 0.6 is 0 Å². The van der Waals surface area contributed by atoms with Gasteiger partial charge in [-0.25, -0.2) is 9.97 Å². The van der Waals surface area contributed by atoms with Crippen LogP contribution in [-0.4, -0.2) is 35.5 Å². The average Bonchev–Trinajstić information content (AvgIpc) is 2.68. The Morgan fingerprint density at radius 2 is 1.88 bits per heavy atom. The lowest BCUT2D eigenvalue weighted by Crippen LogP contribution is -2.32. The Morgan fingerprint density at radius 1 is 1.23 bits per heavy atom. The molecule has 1 aromatic heterocycles. The van der Waals surface area contributed by atoms with Gasteiger partial charge in [0.15, 0.2) is 0 Å². The van der Waals surface area contributed by atoms with Crippen molar-refractivity contribution in [3.05, 3.63) is 54.9 Å². The number of amides is 1. The second-order valence-electron chi connectivity index (χ2n) is 6.64. The summed E-state index contributed by atoms with van der Waals surface area (Å²) in [5.74, 6) is 1.08. The number of carbonyl (C=O) groups is 1. The normalized spacial score (nSPS) is 14.7. The zero-order valence-electron chi connectivity index (χ0n) is 15.1. The molecule has 1 aliphatic rings. The maximum atomic E-state index is 11.8. The van der Waals surface area contributed by atoms with Gasteiger partial charge in [0.1, 0.15) is 0 Å². The number of nitrogens with zero attached hydrogens (tertiary/aromatic N) is 3. The first-order valence-electron chi connectivity index (χ1n) is 8.99. The third kappa shape index (κ3) is 4.59. The number of carbonyl (C=O) groups excluding carboxylic acids is 1. The molecule has 0 radical (unpaired) electrons. The lowest BCUT2D eigenvalue weighted by Gasteiger charge is -2.32. The fourth-order valence-electron chi connectivity index (χ4n) is 2.93. The largest absolute Gasteiger partial charge is 0.372 e. The van der Waals surface area contributed by atoms with E-state index in [9.17, 15) is 4.79 Å². The van der Waals surface area contributed by atoms with Crippen LogP contribution in [0.15, 0.2) is 49.3 Å². The molecule has 1 aromatic carbocycles. The van der Waals surface area contributed by atoms with Crippen LogP contribution in [0.25, 0.3) is 0 Å². The number of anilines is 3. The first kappa shape index (κ1) is 17.9. The van der Waals surface area contributed by atoms with Crippen molar-refractivity contribution in [3.63, 3.8) is 0 Å². The van der Waals surface area contributed by atoms with Gasteiger partial charge in [-0.05, 0) is 43.0 Å². The van der Waals surface area contributed by atoms with E-state index < -0.39 is 0 Å². The van der Waals surface area contributed by atoms with Gasteiger partial charge in [-0.2, -0.15) is 0 Å². The molecule has 6 nitrogen and oxygen atoms in total. The Morgan fingerprint density at radius 3 is 2.50 bits per heavy atom. The van der Waals surface area contributed by atoms with Gasteiger partial charge in [0, 0.05) is 43.4 Å². The van der Waals surface area contributed by atoms with E-state index in [1.165, 1.54) is 30.9 Å². The van der Waals surface area contributed by atoms with Gasteiger partial charge in [0.05, 0.1) is 5.56 Å². The van der Waals surface area contributed by atoms with Crippen LogP contribution in [0, 0.1) is 5.92 Å². The van der Waals surface area contributed by atoms with Gasteiger partial charge in [0.25, 0.3) is 5.91 Å². The molecule has 6 heteroatoms. The van der Waals surface area contributed by atoms with E-state index in [-0.39, 0.29) is 5.91 Å². The molecule has 0 aliphatic carbocycles. The number of aromatic nitrogens is 2. The Bertz CT molecular complexity index is 734. The van der Waals surface area contributed by atoms with Gasteiger partial charge in [-0.1, -0.05) is 13.0 Å². The molecular weight excluding hydrogens is 326 g/mol. The molecule has 2 N–H and O–H groups in total. The van der Waals surface area contributed by atoms with Crippen LogP contribution in [0.1, 0.15) is 30.1 Å². The van der Waals surface area contributed by atoms with E-state index in [1.54, 1.807) is 6.08 Å². The quantitative estimate of drug-likeness (QED) is 0.781. The van der Waals surface area contributed by atoms with Crippen molar-refractivity contribution in [3.8, 4) is 0 Å². The molecule has 0 saturated carbocycles. The number of piperidine rings is 1. The van der Waals surface area contributed by atoms with Crippen LogP contribution in [0.5, 0.6) is 0 Å². The lowest BCUT2D eigenvalue weighted by atomic mass is 9.99. The highest BCUT2D eigenvalue weighted by Crippen LogP contribution is 2.24. The maximum Gasteiger partial charge on any atom is 0.254 e. The summed E-state index contributed by atoms with van der Waals surface area (Å²) < 4.78 is 0. The minimum absolute atomic E-state index is 0.211. The monoisotopic (exact) mass is 351 g/mol. The second-order valence-corrected chi connectivity index (χ2v) is 6.64. The summed E-state index contributed by atoms with van der Waals surface area (Å²) >= 11 is 0. The topological polar surface area (TPSA) is 70.2 Å². The van der Waals surface area contributed by atoms with Crippen LogP contribution in [0.4, 0.5) is 17.3 Å². The number of hydrogen-bond acceptors (Lipinski definition) is 5. The summed E-state index contributed by atoms with van der Waals surface area (Å²) in [7, 11) is 0. The van der Waals surface area contributed by atoms with E-state index in [2.05, 4.69) is 51.1 Å². The Labute approximate surface area is 154 Å². The summed E-state index contributed by atoms with van der Waals surface area (Å²) in [6.45, 7) is 8.54. The van der Waals surface area contributed by atoms with E-state index in [0.29, 0.717) is 18.1 Å². The molecule has 3 rings (SSSR count). The Kier molecular flexibility index (Phi) is 5.84. The van der Waals surface area contributed by atoms with Crippen LogP contribution in [0.2, 0.25) is 0 Å². The highest BCUT2D eigenvalue weighted by atomic mass is 16.1. The minimum Gasteiger partial charge on any atom is -0.372 e. The fourth-order valence-corrected chi connectivity index (χ4v) is 2.93. The Balaban J connectivity index is 1.58. The van der Waals surface area contributed by atoms with Crippen molar-refractivity contribution in [2.45, 2.75) is 19.8 Å². The van der Waals surface area contributed by atoms with Gasteiger partial charge < -0.3 is 15.5 Å². The summed E-state index contributed by atoms with van der Waals surface area (Å²) in [5.41, 5.74) is 2.59. The third-order valence-electron chi connectivity index (χ3n) is 4.59. The van der Waals surface area contributed by atoms with E-state index in [1.807, 2.05) is 12.1 Å². The first-order chi connectivity index (χ1) is 12.7. The molecule has 26 heavy (non-hydrogen) atoms. The fraction of sp³-hybridized carbons (Fsp3) is 0.350. The molecule has 1 saturated heterocycles. The molecule has 0 spiro atoms. The SMILES string of the molecule is C=CCNC(=O)c1cnc(Nc2ccc(N3CCC(C)CC3)cc2)nc1. The molecule has 1 amide bonds. The molecule has 2 aromatic rings. The zero-order valence-corrected chi connectivity index (χ0v) is 15.1. The minimum atomic E-state index is -0.211. The van der Waals surface area contributed by atoms with Gasteiger partial charge >= 0.3 is 0 Å².